The first-order valence-electron chi connectivity index (χ1n) is 11.7. The molecule has 35 heavy (non-hydrogen) atoms. The molecule has 0 aromatic heterocycles. The Morgan fingerprint density at radius 1 is 0.914 bits per heavy atom. The number of rotatable bonds is 13. The highest BCUT2D eigenvalue weighted by atomic mass is 19.4. The third kappa shape index (κ3) is 12.8. The second-order valence-corrected chi connectivity index (χ2v) is 9.02. The Morgan fingerprint density at radius 2 is 1.49 bits per heavy atom. The van der Waals surface area contributed by atoms with Crippen LogP contribution in [0.15, 0.2) is 41.5 Å². The zero-order chi connectivity index (χ0) is 26.6. The van der Waals surface area contributed by atoms with Crippen LogP contribution in [-0.2, 0) is 28.5 Å². The molecule has 1 aromatic rings. The van der Waals surface area contributed by atoms with Crippen molar-refractivity contribution in [3.8, 4) is 0 Å². The van der Waals surface area contributed by atoms with Crippen LogP contribution in [0.1, 0.15) is 76.5 Å². The predicted octanol–water partition coefficient (Wildman–Crippen LogP) is 7.86. The number of carbonyl (C=O) groups is 1. The van der Waals surface area contributed by atoms with E-state index in [0.717, 1.165) is 36.8 Å². The van der Waals surface area contributed by atoms with Crippen LogP contribution in [0.5, 0.6) is 0 Å². The highest BCUT2D eigenvalue weighted by Gasteiger charge is 2.36. The van der Waals surface area contributed by atoms with Gasteiger partial charge in [-0.15, -0.1) is 0 Å². The van der Waals surface area contributed by atoms with Crippen molar-refractivity contribution in [1.29, 1.82) is 0 Å². The molecule has 0 atom stereocenters. The van der Waals surface area contributed by atoms with E-state index in [1.165, 1.54) is 0 Å². The summed E-state index contributed by atoms with van der Waals surface area (Å²) in [7, 11) is 0. The third-order valence-corrected chi connectivity index (χ3v) is 5.26. The maximum Gasteiger partial charge on any atom is 0.416 e. The fraction of sp³-hybridized carbons (Fsp3) is 0.577. The number of allylic oxidation sites excluding steroid dienone is 3. The topological polar surface area (TPSA) is 38.3 Å². The summed E-state index contributed by atoms with van der Waals surface area (Å²) in [6, 6.07) is 1.49. The summed E-state index contributed by atoms with van der Waals surface area (Å²) in [5.74, 6) is 0.279. The van der Waals surface area contributed by atoms with Crippen molar-refractivity contribution in [1.82, 2.24) is 5.32 Å². The molecule has 0 saturated carbocycles. The Kier molecular flexibility index (Phi) is 12.6. The number of amides is 1. The molecular formula is C26H35F6NO2. The van der Waals surface area contributed by atoms with Gasteiger partial charge in [-0.3, -0.25) is 4.79 Å². The molecule has 0 fully saturated rings. The number of alkyl halides is 6. The molecule has 9 heteroatoms. The van der Waals surface area contributed by atoms with Crippen LogP contribution < -0.4 is 5.32 Å². The molecule has 0 heterocycles. The van der Waals surface area contributed by atoms with Crippen LogP contribution in [0, 0.1) is 5.92 Å². The molecule has 3 nitrogen and oxygen atoms in total. The van der Waals surface area contributed by atoms with Gasteiger partial charge >= 0.3 is 12.4 Å². The smallest absolute Gasteiger partial charge is 0.377 e. The molecule has 0 aliphatic rings. The third-order valence-electron chi connectivity index (χ3n) is 5.26. The molecule has 198 valence electrons. The monoisotopic (exact) mass is 507 g/mol. The summed E-state index contributed by atoms with van der Waals surface area (Å²) >= 11 is 0. The SMILES string of the molecule is CC(=CCCCCCCOCc1cc(C(F)(F)F)cc(C(F)(F)F)c1)C(C)=CC(=O)NCC(C)C. The van der Waals surface area contributed by atoms with Gasteiger partial charge in [-0.2, -0.15) is 26.3 Å². The van der Waals surface area contributed by atoms with Crippen molar-refractivity contribution in [3.05, 3.63) is 58.2 Å². The van der Waals surface area contributed by atoms with Crippen LogP contribution in [0.3, 0.4) is 0 Å². The summed E-state index contributed by atoms with van der Waals surface area (Å²) in [5.41, 5.74) is -0.893. The van der Waals surface area contributed by atoms with Gasteiger partial charge in [0.25, 0.3) is 0 Å². The van der Waals surface area contributed by atoms with Gasteiger partial charge in [0, 0.05) is 19.2 Å². The Balaban J connectivity index is 2.36. The normalized spacial score (nSPS) is 13.5. The van der Waals surface area contributed by atoms with E-state index in [4.69, 9.17) is 4.74 Å². The number of carbonyl (C=O) groups excluding carboxylic acids is 1. The number of hydrogen-bond acceptors (Lipinski definition) is 2. The Labute approximate surface area is 203 Å². The second kappa shape index (κ2) is 14.3. The van der Waals surface area contributed by atoms with Crippen molar-refractivity contribution in [3.63, 3.8) is 0 Å². The summed E-state index contributed by atoms with van der Waals surface area (Å²) in [6.07, 6.45) is -1.90. The molecule has 0 saturated heterocycles. The molecule has 1 rings (SSSR count). The average Bonchev–Trinajstić information content (AvgIpc) is 2.74. The average molecular weight is 508 g/mol. The molecule has 1 N–H and O–H groups in total. The lowest BCUT2D eigenvalue weighted by Gasteiger charge is -2.14. The van der Waals surface area contributed by atoms with Crippen LogP contribution in [0.25, 0.3) is 0 Å². The Hall–Kier alpha value is -2.29. The van der Waals surface area contributed by atoms with Gasteiger partial charge in [-0.05, 0) is 68.4 Å². The number of benzene rings is 1. The van der Waals surface area contributed by atoms with Gasteiger partial charge in [0.05, 0.1) is 17.7 Å². The lowest BCUT2D eigenvalue weighted by atomic mass is 10.1. The van der Waals surface area contributed by atoms with Crippen LogP contribution in [0.2, 0.25) is 0 Å². The van der Waals surface area contributed by atoms with Crippen molar-refractivity contribution in [2.24, 2.45) is 5.92 Å². The summed E-state index contributed by atoms with van der Waals surface area (Å²) in [6.45, 7) is 8.46. The number of hydrogen-bond donors (Lipinski definition) is 1. The van der Waals surface area contributed by atoms with Gasteiger partial charge in [0.1, 0.15) is 0 Å². The van der Waals surface area contributed by atoms with E-state index in [1.807, 2.05) is 27.7 Å². The van der Waals surface area contributed by atoms with Crippen LogP contribution >= 0.6 is 0 Å². The van der Waals surface area contributed by atoms with Gasteiger partial charge in [-0.1, -0.05) is 38.3 Å². The van der Waals surface area contributed by atoms with Crippen LogP contribution in [0.4, 0.5) is 26.3 Å². The van der Waals surface area contributed by atoms with Gasteiger partial charge in [0.15, 0.2) is 0 Å². The molecule has 0 aliphatic heterocycles. The van der Waals surface area contributed by atoms with Gasteiger partial charge in [0.2, 0.25) is 5.91 Å². The van der Waals surface area contributed by atoms with E-state index in [0.29, 0.717) is 31.0 Å². The quantitative estimate of drug-likeness (QED) is 0.128. The van der Waals surface area contributed by atoms with Gasteiger partial charge in [-0.25, -0.2) is 0 Å². The van der Waals surface area contributed by atoms with E-state index in [1.54, 1.807) is 6.08 Å². The second-order valence-electron chi connectivity index (χ2n) is 9.02. The maximum atomic E-state index is 12.9. The highest BCUT2D eigenvalue weighted by Crippen LogP contribution is 2.36. The number of unbranched alkanes of at least 4 members (excludes halogenated alkanes) is 4. The first-order chi connectivity index (χ1) is 16.2. The maximum absolute atomic E-state index is 12.9. The fourth-order valence-electron chi connectivity index (χ4n) is 3.14. The molecule has 0 radical (unpaired) electrons. The van der Waals surface area contributed by atoms with Crippen molar-refractivity contribution < 1.29 is 35.9 Å². The first-order valence-corrected chi connectivity index (χ1v) is 11.7. The lowest BCUT2D eigenvalue weighted by molar-refractivity contribution is -0.143. The van der Waals surface area contributed by atoms with Crippen molar-refractivity contribution in [2.45, 2.75) is 78.8 Å². The van der Waals surface area contributed by atoms with Gasteiger partial charge < -0.3 is 10.1 Å². The number of nitrogens with one attached hydrogen (secondary N) is 1. The summed E-state index contributed by atoms with van der Waals surface area (Å²) in [4.78, 5) is 11.8. The first kappa shape index (κ1) is 30.7. The Morgan fingerprint density at radius 3 is 2.03 bits per heavy atom. The molecule has 0 bridgehead atoms. The van der Waals surface area contributed by atoms with E-state index < -0.39 is 23.5 Å². The predicted molar refractivity (Wildman–Crippen MR) is 125 cm³/mol. The number of ether oxygens (including phenoxy) is 1. The van der Waals surface area contributed by atoms with E-state index in [-0.39, 0.29) is 30.8 Å². The van der Waals surface area contributed by atoms with Crippen molar-refractivity contribution >= 4 is 5.91 Å². The summed E-state index contributed by atoms with van der Waals surface area (Å²) < 4.78 is 82.7. The Bertz CT molecular complexity index is 837. The standard InChI is InChI=1S/C26H35F6NO2/c1-18(2)16-33-24(34)12-20(4)19(3)10-8-6-5-7-9-11-35-17-21-13-22(25(27,28)29)15-23(14-21)26(30,31)32/h10,12-15,18H,5-9,11,16-17H2,1-4H3,(H,33,34). The fourth-order valence-corrected chi connectivity index (χ4v) is 3.14. The molecule has 0 spiro atoms. The van der Waals surface area contributed by atoms with E-state index in [2.05, 4.69) is 11.4 Å². The molecule has 0 aliphatic carbocycles. The largest absolute Gasteiger partial charge is 0.416 e. The molecule has 1 amide bonds. The minimum atomic E-state index is -4.86. The number of halogens is 6. The van der Waals surface area contributed by atoms with Crippen LogP contribution in [-0.4, -0.2) is 19.1 Å². The molecule has 1 aromatic carbocycles. The van der Waals surface area contributed by atoms with Crippen molar-refractivity contribution in [2.75, 3.05) is 13.2 Å². The summed E-state index contributed by atoms with van der Waals surface area (Å²) in [5, 5.41) is 2.84. The minimum absolute atomic E-state index is 0.108. The minimum Gasteiger partial charge on any atom is -0.377 e. The molecular weight excluding hydrogens is 472 g/mol. The molecule has 0 unspecified atom stereocenters. The van der Waals surface area contributed by atoms with E-state index in [9.17, 15) is 31.1 Å². The zero-order valence-corrected chi connectivity index (χ0v) is 20.7. The van der Waals surface area contributed by atoms with E-state index >= 15 is 0 Å². The lowest BCUT2D eigenvalue weighted by Crippen LogP contribution is -2.25. The highest BCUT2D eigenvalue weighted by molar-refractivity contribution is 5.88. The zero-order valence-electron chi connectivity index (χ0n) is 20.7.